The Balaban J connectivity index is 1.54. The fourth-order valence-corrected chi connectivity index (χ4v) is 4.01. The minimum absolute atomic E-state index is 0.130. The average molecular weight is 451 g/mol. The van der Waals surface area contributed by atoms with Gasteiger partial charge in [-0.15, -0.1) is 0 Å². The second kappa shape index (κ2) is 10.9. The highest BCUT2D eigenvalue weighted by Crippen LogP contribution is 2.29. The molecule has 30 heavy (non-hydrogen) atoms. The van der Waals surface area contributed by atoms with Crippen LogP contribution in [0.25, 0.3) is 0 Å². The maximum atomic E-state index is 12.8. The van der Waals surface area contributed by atoms with E-state index in [0.29, 0.717) is 54.3 Å². The molecule has 0 N–H and O–H groups in total. The summed E-state index contributed by atoms with van der Waals surface area (Å²) in [5, 5.41) is 1.32. The zero-order valence-corrected chi connectivity index (χ0v) is 19.0. The molecule has 1 heterocycles. The number of nitrogens with zero attached hydrogens (tertiary/aromatic N) is 2. The Morgan fingerprint density at radius 1 is 0.933 bits per heavy atom. The van der Waals surface area contributed by atoms with Gasteiger partial charge in [-0.25, -0.2) is 0 Å². The van der Waals surface area contributed by atoms with Crippen molar-refractivity contribution in [3.63, 3.8) is 0 Å². The number of halogens is 2. The molecule has 1 aliphatic heterocycles. The standard InChI is InChI=1S/C23H28Cl2N2O3/c1-3-29-21-8-5-17(13-22(21)30-4-2)14-23(28)27-11-9-26(10-12-27)16-18-6-7-19(24)15-20(18)25/h5-8,13,15H,3-4,9-12,14,16H2,1-2H3. The molecule has 1 saturated heterocycles. The molecule has 5 nitrogen and oxygen atoms in total. The van der Waals surface area contributed by atoms with Gasteiger partial charge in [0, 0.05) is 42.8 Å². The summed E-state index contributed by atoms with van der Waals surface area (Å²) in [6, 6.07) is 11.3. The maximum Gasteiger partial charge on any atom is 0.227 e. The number of rotatable bonds is 8. The van der Waals surface area contributed by atoms with Crippen molar-refractivity contribution < 1.29 is 14.3 Å². The number of amides is 1. The Hall–Kier alpha value is -1.95. The van der Waals surface area contributed by atoms with Gasteiger partial charge in [0.1, 0.15) is 0 Å². The number of hydrogen-bond acceptors (Lipinski definition) is 4. The van der Waals surface area contributed by atoms with Gasteiger partial charge in [0.2, 0.25) is 5.91 Å². The molecule has 0 unspecified atom stereocenters. The minimum atomic E-state index is 0.130. The third kappa shape index (κ3) is 6.03. The predicted molar refractivity (Wildman–Crippen MR) is 121 cm³/mol. The van der Waals surface area contributed by atoms with Gasteiger partial charge in [0.05, 0.1) is 19.6 Å². The molecule has 1 amide bonds. The van der Waals surface area contributed by atoms with E-state index in [4.69, 9.17) is 32.7 Å². The lowest BCUT2D eigenvalue weighted by Gasteiger charge is -2.35. The number of carbonyl (C=O) groups is 1. The predicted octanol–water partition coefficient (Wildman–Crippen LogP) is 4.68. The van der Waals surface area contributed by atoms with Crippen LogP contribution in [0.2, 0.25) is 10.0 Å². The molecule has 0 saturated carbocycles. The monoisotopic (exact) mass is 450 g/mol. The van der Waals surface area contributed by atoms with Gasteiger partial charge in [-0.2, -0.15) is 0 Å². The zero-order valence-electron chi connectivity index (χ0n) is 17.5. The molecule has 162 valence electrons. The van der Waals surface area contributed by atoms with Gasteiger partial charge in [0.15, 0.2) is 11.5 Å². The molecular weight excluding hydrogens is 423 g/mol. The Bertz CT molecular complexity index is 868. The van der Waals surface area contributed by atoms with E-state index in [1.165, 1.54) is 0 Å². The van der Waals surface area contributed by atoms with Gasteiger partial charge >= 0.3 is 0 Å². The van der Waals surface area contributed by atoms with Crippen LogP contribution in [0.4, 0.5) is 0 Å². The van der Waals surface area contributed by atoms with Gasteiger partial charge < -0.3 is 14.4 Å². The van der Waals surface area contributed by atoms with Gasteiger partial charge in [-0.1, -0.05) is 35.3 Å². The molecule has 0 aliphatic carbocycles. The smallest absolute Gasteiger partial charge is 0.227 e. The SMILES string of the molecule is CCOc1ccc(CC(=O)N2CCN(Cc3ccc(Cl)cc3Cl)CC2)cc1OCC. The molecule has 0 aromatic heterocycles. The first-order valence-electron chi connectivity index (χ1n) is 10.3. The van der Waals surface area contributed by atoms with Crippen molar-refractivity contribution in [2.75, 3.05) is 39.4 Å². The Labute approximate surface area is 188 Å². The quantitative estimate of drug-likeness (QED) is 0.585. The van der Waals surface area contributed by atoms with Crippen molar-refractivity contribution in [1.29, 1.82) is 0 Å². The second-order valence-electron chi connectivity index (χ2n) is 7.22. The third-order valence-electron chi connectivity index (χ3n) is 5.10. The van der Waals surface area contributed by atoms with E-state index in [0.717, 1.165) is 30.8 Å². The van der Waals surface area contributed by atoms with Crippen molar-refractivity contribution in [2.24, 2.45) is 0 Å². The van der Waals surface area contributed by atoms with E-state index in [9.17, 15) is 4.79 Å². The van der Waals surface area contributed by atoms with Crippen LogP contribution >= 0.6 is 23.2 Å². The lowest BCUT2D eigenvalue weighted by atomic mass is 10.1. The van der Waals surface area contributed by atoms with Crippen LogP contribution < -0.4 is 9.47 Å². The number of ether oxygens (including phenoxy) is 2. The topological polar surface area (TPSA) is 42.0 Å². The molecule has 1 fully saturated rings. The van der Waals surface area contributed by atoms with Crippen molar-refractivity contribution in [3.05, 3.63) is 57.6 Å². The van der Waals surface area contributed by atoms with Crippen LogP contribution in [0.15, 0.2) is 36.4 Å². The number of benzene rings is 2. The van der Waals surface area contributed by atoms with Crippen LogP contribution in [-0.2, 0) is 17.8 Å². The second-order valence-corrected chi connectivity index (χ2v) is 8.06. The molecule has 0 bridgehead atoms. The van der Waals surface area contributed by atoms with E-state index in [-0.39, 0.29) is 5.91 Å². The summed E-state index contributed by atoms with van der Waals surface area (Å²) in [7, 11) is 0. The largest absolute Gasteiger partial charge is 0.490 e. The van der Waals surface area contributed by atoms with Gasteiger partial charge in [0.25, 0.3) is 0 Å². The van der Waals surface area contributed by atoms with E-state index < -0.39 is 0 Å². The highest BCUT2D eigenvalue weighted by atomic mass is 35.5. The van der Waals surface area contributed by atoms with Crippen molar-refractivity contribution in [2.45, 2.75) is 26.8 Å². The first-order chi connectivity index (χ1) is 14.5. The van der Waals surface area contributed by atoms with Crippen LogP contribution in [0.5, 0.6) is 11.5 Å². The van der Waals surface area contributed by atoms with Crippen LogP contribution in [0.3, 0.4) is 0 Å². The summed E-state index contributed by atoms with van der Waals surface area (Å²) >= 11 is 12.3. The molecule has 0 spiro atoms. The summed E-state index contributed by atoms with van der Waals surface area (Å²) in [6.45, 7) is 8.81. The van der Waals surface area contributed by atoms with Crippen LogP contribution in [0, 0.1) is 0 Å². The van der Waals surface area contributed by atoms with E-state index in [1.807, 2.05) is 49.1 Å². The first kappa shape index (κ1) is 22.7. The summed E-state index contributed by atoms with van der Waals surface area (Å²) in [5.41, 5.74) is 1.99. The fraction of sp³-hybridized carbons (Fsp3) is 0.435. The Morgan fingerprint density at radius 3 is 2.30 bits per heavy atom. The minimum Gasteiger partial charge on any atom is -0.490 e. The number of carbonyl (C=O) groups excluding carboxylic acids is 1. The number of piperazine rings is 1. The normalized spacial score (nSPS) is 14.6. The molecule has 2 aromatic rings. The third-order valence-corrected chi connectivity index (χ3v) is 5.68. The molecule has 3 rings (SSSR count). The van der Waals surface area contributed by atoms with Crippen molar-refractivity contribution in [1.82, 2.24) is 9.80 Å². The first-order valence-corrected chi connectivity index (χ1v) is 11.1. The Kier molecular flexibility index (Phi) is 8.25. The molecule has 1 aliphatic rings. The van der Waals surface area contributed by atoms with Crippen LogP contribution in [0.1, 0.15) is 25.0 Å². The van der Waals surface area contributed by atoms with Gasteiger partial charge in [-0.3, -0.25) is 9.69 Å². The molecule has 0 atom stereocenters. The summed E-state index contributed by atoms with van der Waals surface area (Å²) in [4.78, 5) is 17.0. The Morgan fingerprint density at radius 2 is 1.63 bits per heavy atom. The summed E-state index contributed by atoms with van der Waals surface area (Å²) in [5.74, 6) is 1.53. The lowest BCUT2D eigenvalue weighted by Crippen LogP contribution is -2.48. The lowest BCUT2D eigenvalue weighted by molar-refractivity contribution is -0.132. The molecule has 2 aromatic carbocycles. The van der Waals surface area contributed by atoms with E-state index >= 15 is 0 Å². The average Bonchev–Trinajstić information content (AvgIpc) is 2.73. The highest BCUT2D eigenvalue weighted by molar-refractivity contribution is 6.35. The highest BCUT2D eigenvalue weighted by Gasteiger charge is 2.22. The zero-order chi connectivity index (χ0) is 21.5. The molecule has 0 radical (unpaired) electrons. The maximum absolute atomic E-state index is 12.8. The van der Waals surface area contributed by atoms with Crippen LogP contribution in [-0.4, -0.2) is 55.1 Å². The van der Waals surface area contributed by atoms with Crippen molar-refractivity contribution >= 4 is 29.1 Å². The van der Waals surface area contributed by atoms with E-state index in [2.05, 4.69) is 4.90 Å². The number of hydrogen-bond donors (Lipinski definition) is 0. The van der Waals surface area contributed by atoms with E-state index in [1.54, 1.807) is 6.07 Å². The fourth-order valence-electron chi connectivity index (χ4n) is 3.54. The summed E-state index contributed by atoms with van der Waals surface area (Å²) < 4.78 is 11.3. The van der Waals surface area contributed by atoms with Crippen molar-refractivity contribution in [3.8, 4) is 11.5 Å². The summed E-state index contributed by atoms with van der Waals surface area (Å²) in [6.07, 6.45) is 0.357. The molecular formula is C23H28Cl2N2O3. The molecule has 7 heteroatoms. The van der Waals surface area contributed by atoms with Gasteiger partial charge in [-0.05, 0) is 49.2 Å².